The number of aromatic nitrogens is 1. The molecule has 0 spiro atoms. The standard InChI is InChI=1S/C14H23N3O/c1-13(2,3)10-6-7-12(16-9-10)17-14(4,5)8-11(15)18/h6-7,9H,8H2,1-5H3,(H2,15,18)(H,16,17). The number of nitrogens with zero attached hydrogens (tertiary/aromatic N) is 1. The van der Waals surface area contributed by atoms with Crippen LogP contribution in [-0.4, -0.2) is 16.4 Å². The highest BCUT2D eigenvalue weighted by atomic mass is 16.1. The predicted octanol–water partition coefficient (Wildman–Crippen LogP) is 2.45. The summed E-state index contributed by atoms with van der Waals surface area (Å²) >= 11 is 0. The lowest BCUT2D eigenvalue weighted by atomic mass is 9.88. The molecule has 0 fully saturated rings. The van der Waals surface area contributed by atoms with E-state index in [0.717, 1.165) is 5.82 Å². The highest BCUT2D eigenvalue weighted by Crippen LogP contribution is 2.23. The monoisotopic (exact) mass is 249 g/mol. The Labute approximate surface area is 109 Å². The molecule has 1 aromatic heterocycles. The second-order valence-electron chi connectivity index (χ2n) is 6.33. The van der Waals surface area contributed by atoms with Crippen molar-refractivity contribution in [1.82, 2.24) is 4.98 Å². The molecule has 0 radical (unpaired) electrons. The maximum absolute atomic E-state index is 11.0. The van der Waals surface area contributed by atoms with Crippen LogP contribution in [0.5, 0.6) is 0 Å². The zero-order valence-electron chi connectivity index (χ0n) is 11.9. The number of carbonyl (C=O) groups excluding carboxylic acids is 1. The molecule has 0 saturated heterocycles. The zero-order chi connectivity index (χ0) is 14.0. The van der Waals surface area contributed by atoms with Crippen LogP contribution in [0.4, 0.5) is 5.82 Å². The van der Waals surface area contributed by atoms with Crippen molar-refractivity contribution in [1.29, 1.82) is 0 Å². The Bertz CT molecular complexity index is 416. The summed E-state index contributed by atoms with van der Waals surface area (Å²) < 4.78 is 0. The molecular weight excluding hydrogens is 226 g/mol. The molecule has 0 atom stereocenters. The topological polar surface area (TPSA) is 68.0 Å². The van der Waals surface area contributed by atoms with Crippen LogP contribution in [0.3, 0.4) is 0 Å². The Morgan fingerprint density at radius 1 is 1.28 bits per heavy atom. The van der Waals surface area contributed by atoms with E-state index in [9.17, 15) is 4.79 Å². The lowest BCUT2D eigenvalue weighted by molar-refractivity contribution is -0.118. The predicted molar refractivity (Wildman–Crippen MR) is 74.5 cm³/mol. The second-order valence-corrected chi connectivity index (χ2v) is 6.33. The fraction of sp³-hybridized carbons (Fsp3) is 0.571. The lowest BCUT2D eigenvalue weighted by Gasteiger charge is -2.26. The van der Waals surface area contributed by atoms with Gasteiger partial charge in [-0.2, -0.15) is 0 Å². The highest BCUT2D eigenvalue weighted by Gasteiger charge is 2.21. The summed E-state index contributed by atoms with van der Waals surface area (Å²) in [4.78, 5) is 15.3. The molecule has 0 unspecified atom stereocenters. The van der Waals surface area contributed by atoms with E-state index in [0.29, 0.717) is 0 Å². The molecule has 1 amide bonds. The van der Waals surface area contributed by atoms with Gasteiger partial charge in [-0.25, -0.2) is 4.98 Å². The second kappa shape index (κ2) is 4.96. The molecule has 18 heavy (non-hydrogen) atoms. The van der Waals surface area contributed by atoms with E-state index >= 15 is 0 Å². The number of primary amides is 1. The molecule has 1 aromatic rings. The molecule has 4 nitrogen and oxygen atoms in total. The van der Waals surface area contributed by atoms with Crippen LogP contribution in [0.25, 0.3) is 0 Å². The molecular formula is C14H23N3O. The third-order valence-corrected chi connectivity index (χ3v) is 2.71. The molecule has 1 heterocycles. The van der Waals surface area contributed by atoms with Crippen LogP contribution in [0.2, 0.25) is 0 Å². The lowest BCUT2D eigenvalue weighted by Crippen LogP contribution is -2.36. The van der Waals surface area contributed by atoms with Crippen molar-refractivity contribution in [2.24, 2.45) is 5.73 Å². The first kappa shape index (κ1) is 14.5. The van der Waals surface area contributed by atoms with E-state index in [1.807, 2.05) is 26.1 Å². The molecule has 0 aliphatic heterocycles. The maximum atomic E-state index is 11.0. The number of nitrogens with one attached hydrogen (secondary N) is 1. The summed E-state index contributed by atoms with van der Waals surface area (Å²) in [6.45, 7) is 10.3. The van der Waals surface area contributed by atoms with Gasteiger partial charge in [-0.1, -0.05) is 26.8 Å². The van der Waals surface area contributed by atoms with Gasteiger partial charge in [0.25, 0.3) is 0 Å². The fourth-order valence-electron chi connectivity index (χ4n) is 1.74. The number of carbonyl (C=O) groups is 1. The minimum Gasteiger partial charge on any atom is -0.370 e. The first-order valence-corrected chi connectivity index (χ1v) is 6.13. The number of nitrogens with two attached hydrogens (primary N) is 1. The van der Waals surface area contributed by atoms with Gasteiger partial charge in [-0.05, 0) is 30.9 Å². The van der Waals surface area contributed by atoms with Gasteiger partial charge in [0.1, 0.15) is 5.82 Å². The van der Waals surface area contributed by atoms with Crippen molar-refractivity contribution in [3.8, 4) is 0 Å². The number of rotatable bonds is 4. The van der Waals surface area contributed by atoms with E-state index in [4.69, 9.17) is 5.73 Å². The van der Waals surface area contributed by atoms with Crippen LogP contribution in [0, 0.1) is 0 Å². The molecule has 0 aliphatic rings. The molecule has 0 bridgehead atoms. The normalized spacial score (nSPS) is 12.3. The van der Waals surface area contributed by atoms with E-state index in [1.54, 1.807) is 0 Å². The average molecular weight is 249 g/mol. The van der Waals surface area contributed by atoms with Crippen molar-refractivity contribution in [3.05, 3.63) is 23.9 Å². The van der Waals surface area contributed by atoms with Gasteiger partial charge in [-0.3, -0.25) is 4.79 Å². The quantitative estimate of drug-likeness (QED) is 0.861. The third kappa shape index (κ3) is 4.35. The number of anilines is 1. The van der Waals surface area contributed by atoms with Gasteiger partial charge < -0.3 is 11.1 Å². The molecule has 0 aliphatic carbocycles. The Morgan fingerprint density at radius 3 is 2.28 bits per heavy atom. The summed E-state index contributed by atoms with van der Waals surface area (Å²) in [5.41, 5.74) is 6.10. The summed E-state index contributed by atoms with van der Waals surface area (Å²) in [6.07, 6.45) is 2.14. The van der Waals surface area contributed by atoms with Gasteiger partial charge in [-0.15, -0.1) is 0 Å². The van der Waals surface area contributed by atoms with E-state index in [1.165, 1.54) is 5.56 Å². The molecule has 100 valence electrons. The fourth-order valence-corrected chi connectivity index (χ4v) is 1.74. The number of pyridine rings is 1. The molecule has 0 saturated carbocycles. The number of amides is 1. The first-order chi connectivity index (χ1) is 8.10. The van der Waals surface area contributed by atoms with Gasteiger partial charge in [0.15, 0.2) is 0 Å². The highest BCUT2D eigenvalue weighted by molar-refractivity contribution is 5.75. The smallest absolute Gasteiger partial charge is 0.219 e. The molecule has 3 N–H and O–H groups in total. The van der Waals surface area contributed by atoms with Crippen LogP contribution in [0.15, 0.2) is 18.3 Å². The SMILES string of the molecule is CC(C)(CC(N)=O)Nc1ccc(C(C)(C)C)cn1. The summed E-state index contributed by atoms with van der Waals surface area (Å²) in [7, 11) is 0. The molecule has 4 heteroatoms. The largest absolute Gasteiger partial charge is 0.370 e. The zero-order valence-corrected chi connectivity index (χ0v) is 11.9. The summed E-state index contributed by atoms with van der Waals surface area (Å²) in [5.74, 6) is 0.438. The van der Waals surface area contributed by atoms with Crippen molar-refractivity contribution in [2.45, 2.75) is 52.0 Å². The van der Waals surface area contributed by atoms with Crippen LogP contribution >= 0.6 is 0 Å². The maximum Gasteiger partial charge on any atom is 0.219 e. The molecule has 1 rings (SSSR count). The van der Waals surface area contributed by atoms with Crippen molar-refractivity contribution in [2.75, 3.05) is 5.32 Å². The van der Waals surface area contributed by atoms with E-state index in [-0.39, 0.29) is 23.3 Å². The Kier molecular flexibility index (Phi) is 3.99. The molecule has 0 aromatic carbocycles. The minimum atomic E-state index is -0.387. The first-order valence-electron chi connectivity index (χ1n) is 6.13. The van der Waals surface area contributed by atoms with Crippen molar-refractivity contribution in [3.63, 3.8) is 0 Å². The van der Waals surface area contributed by atoms with Crippen LogP contribution < -0.4 is 11.1 Å². The number of hydrogen-bond acceptors (Lipinski definition) is 3. The van der Waals surface area contributed by atoms with Gasteiger partial charge in [0, 0.05) is 18.2 Å². The average Bonchev–Trinajstić information content (AvgIpc) is 2.13. The van der Waals surface area contributed by atoms with Gasteiger partial charge >= 0.3 is 0 Å². The van der Waals surface area contributed by atoms with Crippen molar-refractivity contribution < 1.29 is 4.79 Å². The van der Waals surface area contributed by atoms with Gasteiger partial charge in [0.2, 0.25) is 5.91 Å². The van der Waals surface area contributed by atoms with E-state index in [2.05, 4.69) is 37.1 Å². The van der Waals surface area contributed by atoms with E-state index < -0.39 is 0 Å². The third-order valence-electron chi connectivity index (χ3n) is 2.71. The van der Waals surface area contributed by atoms with Crippen molar-refractivity contribution >= 4 is 11.7 Å². The summed E-state index contributed by atoms with van der Waals surface area (Å²) in [6, 6.07) is 3.99. The Morgan fingerprint density at radius 2 is 1.89 bits per heavy atom. The van der Waals surface area contributed by atoms with Crippen LogP contribution in [0.1, 0.15) is 46.6 Å². The Hall–Kier alpha value is -1.58. The van der Waals surface area contributed by atoms with Crippen LogP contribution in [-0.2, 0) is 10.2 Å². The number of hydrogen-bond donors (Lipinski definition) is 2. The minimum absolute atomic E-state index is 0.0915. The Balaban J connectivity index is 2.78. The summed E-state index contributed by atoms with van der Waals surface area (Å²) in [5, 5.41) is 3.22. The van der Waals surface area contributed by atoms with Gasteiger partial charge in [0.05, 0.1) is 0 Å².